The highest BCUT2D eigenvalue weighted by molar-refractivity contribution is 6.62. The molecule has 2 fully saturated rings. The lowest BCUT2D eigenvalue weighted by atomic mass is 9.78. The van der Waals surface area contributed by atoms with Gasteiger partial charge in [-0.3, -0.25) is 4.79 Å². The van der Waals surface area contributed by atoms with Gasteiger partial charge in [-0.05, 0) is 59.1 Å². The zero-order valence-corrected chi connectivity index (χ0v) is 16.3. The van der Waals surface area contributed by atoms with Crippen LogP contribution in [0.1, 0.15) is 51.9 Å². The van der Waals surface area contributed by atoms with Gasteiger partial charge in [-0.25, -0.2) is 4.39 Å². The van der Waals surface area contributed by atoms with Crippen molar-refractivity contribution < 1.29 is 23.2 Å². The molecular weight excluding hydrogens is 336 g/mol. The quantitative estimate of drug-likeness (QED) is 0.610. The van der Waals surface area contributed by atoms with Crippen molar-refractivity contribution in [3.05, 3.63) is 23.5 Å². The first kappa shape index (κ1) is 19.3. The largest absolute Gasteiger partial charge is 0.494 e. The second kappa shape index (κ2) is 6.62. The molecule has 2 aliphatic rings. The summed E-state index contributed by atoms with van der Waals surface area (Å²) in [6.07, 6.45) is 0.638. The molecule has 2 aliphatic heterocycles. The first-order chi connectivity index (χ1) is 12.0. The van der Waals surface area contributed by atoms with Crippen molar-refractivity contribution in [3.8, 4) is 0 Å². The zero-order chi connectivity index (χ0) is 19.3. The van der Waals surface area contributed by atoms with Crippen LogP contribution in [0.2, 0.25) is 0 Å². The molecule has 3 rings (SSSR count). The van der Waals surface area contributed by atoms with E-state index in [2.05, 4.69) is 0 Å². The van der Waals surface area contributed by atoms with E-state index in [1.165, 1.54) is 6.07 Å². The van der Waals surface area contributed by atoms with Crippen LogP contribution in [0.3, 0.4) is 0 Å². The maximum absolute atomic E-state index is 15.0. The maximum atomic E-state index is 15.0. The fraction of sp³-hybridized carbons (Fsp3) is 0.632. The fourth-order valence-electron chi connectivity index (χ4n) is 3.54. The Morgan fingerprint density at radius 2 is 1.65 bits per heavy atom. The van der Waals surface area contributed by atoms with E-state index < -0.39 is 24.1 Å². The molecule has 2 atom stereocenters. The third kappa shape index (κ3) is 3.40. The smallest absolute Gasteiger partial charge is 0.399 e. The van der Waals surface area contributed by atoms with Crippen molar-refractivity contribution in [3.63, 3.8) is 0 Å². The molecule has 1 aromatic rings. The highest BCUT2D eigenvalue weighted by Crippen LogP contribution is 2.37. The second-order valence-corrected chi connectivity index (χ2v) is 8.31. The number of carbonyl (C=O) groups excluding carboxylic acids is 1. The molecule has 5 nitrogen and oxygen atoms in total. The molecule has 0 N–H and O–H groups in total. The first-order valence-corrected chi connectivity index (χ1v) is 9.09. The summed E-state index contributed by atoms with van der Waals surface area (Å²) in [4.78, 5) is 13.6. The van der Waals surface area contributed by atoms with Crippen molar-refractivity contribution in [1.29, 1.82) is 0 Å². The monoisotopic (exact) mass is 363 g/mol. The third-order valence-corrected chi connectivity index (χ3v) is 5.50. The van der Waals surface area contributed by atoms with Crippen LogP contribution in [0.15, 0.2) is 12.1 Å². The van der Waals surface area contributed by atoms with Gasteiger partial charge < -0.3 is 18.9 Å². The number of anilines is 1. The molecule has 0 aliphatic carbocycles. The molecule has 0 aromatic heterocycles. The van der Waals surface area contributed by atoms with Crippen molar-refractivity contribution in [1.82, 2.24) is 0 Å². The highest BCUT2D eigenvalue weighted by Gasteiger charge is 2.52. The molecule has 0 bridgehead atoms. The summed E-state index contributed by atoms with van der Waals surface area (Å²) in [5, 5.41) is 0. The SMILES string of the molecule is CC1CN(c2c(F)cc(B3OC(C)(C)C(C)(C)O3)cc2C=O)CC(C)O1. The Labute approximate surface area is 154 Å². The van der Waals surface area contributed by atoms with E-state index >= 15 is 4.39 Å². The van der Waals surface area contributed by atoms with Gasteiger partial charge in [0.1, 0.15) is 5.82 Å². The molecule has 2 saturated heterocycles. The summed E-state index contributed by atoms with van der Waals surface area (Å²) in [6, 6.07) is 3.08. The number of morpholine rings is 1. The van der Waals surface area contributed by atoms with Crippen LogP contribution in [0.25, 0.3) is 0 Å². The second-order valence-electron chi connectivity index (χ2n) is 8.31. The van der Waals surface area contributed by atoms with Crippen molar-refractivity contribution in [2.75, 3.05) is 18.0 Å². The fourth-order valence-corrected chi connectivity index (χ4v) is 3.54. The van der Waals surface area contributed by atoms with Gasteiger partial charge >= 0.3 is 7.12 Å². The number of hydrogen-bond acceptors (Lipinski definition) is 5. The van der Waals surface area contributed by atoms with Gasteiger partial charge in [0.15, 0.2) is 6.29 Å². The Morgan fingerprint density at radius 3 is 2.15 bits per heavy atom. The number of halogens is 1. The van der Waals surface area contributed by atoms with E-state index in [-0.39, 0.29) is 12.2 Å². The minimum atomic E-state index is -0.704. The highest BCUT2D eigenvalue weighted by atomic mass is 19.1. The number of aldehydes is 1. The lowest BCUT2D eigenvalue weighted by Gasteiger charge is -2.37. The molecule has 0 amide bonds. The number of nitrogens with zero attached hydrogens (tertiary/aromatic N) is 1. The normalized spacial score (nSPS) is 27.7. The van der Waals surface area contributed by atoms with Crippen molar-refractivity contribution >= 4 is 24.6 Å². The van der Waals surface area contributed by atoms with Gasteiger partial charge in [0.25, 0.3) is 0 Å². The minimum absolute atomic E-state index is 0.0274. The van der Waals surface area contributed by atoms with Gasteiger partial charge in [-0.15, -0.1) is 0 Å². The van der Waals surface area contributed by atoms with Crippen molar-refractivity contribution in [2.24, 2.45) is 0 Å². The molecule has 142 valence electrons. The Hall–Kier alpha value is -1.44. The first-order valence-electron chi connectivity index (χ1n) is 9.09. The van der Waals surface area contributed by atoms with E-state index in [1.807, 2.05) is 46.4 Å². The number of rotatable bonds is 3. The molecule has 2 unspecified atom stereocenters. The number of carbonyl (C=O) groups is 1. The Kier molecular flexibility index (Phi) is 4.92. The van der Waals surface area contributed by atoms with Crippen molar-refractivity contribution in [2.45, 2.75) is 65.0 Å². The standard InChI is InChI=1S/C19H27BFNO4/c1-12-9-22(10-13(2)24-12)17-14(11-23)7-15(8-16(17)21)20-25-18(3,4)19(5,6)26-20/h7-8,11-13H,9-10H2,1-6H3. The predicted octanol–water partition coefficient (Wildman–Crippen LogP) is 2.55. The Balaban J connectivity index is 1.95. The third-order valence-electron chi connectivity index (χ3n) is 5.50. The Bertz CT molecular complexity index is 683. The van der Waals surface area contributed by atoms with Gasteiger partial charge in [0, 0.05) is 18.7 Å². The van der Waals surface area contributed by atoms with Gasteiger partial charge in [0.2, 0.25) is 0 Å². The topological polar surface area (TPSA) is 48.0 Å². The summed E-state index contributed by atoms with van der Waals surface area (Å²) in [5.41, 5.74) is 0.0894. The summed E-state index contributed by atoms with van der Waals surface area (Å²) < 4.78 is 32.7. The molecule has 1 aromatic carbocycles. The summed E-state index contributed by atoms with van der Waals surface area (Å²) in [6.45, 7) is 12.7. The average molecular weight is 363 g/mol. The van der Waals surface area contributed by atoms with Crippen LogP contribution in [0.5, 0.6) is 0 Å². The van der Waals surface area contributed by atoms with Crippen LogP contribution in [-0.2, 0) is 14.0 Å². The van der Waals surface area contributed by atoms with Gasteiger partial charge in [-0.1, -0.05) is 0 Å². The summed E-state index contributed by atoms with van der Waals surface area (Å²) in [7, 11) is -0.704. The van der Waals surface area contributed by atoms with Crippen LogP contribution in [-0.4, -0.2) is 49.9 Å². The van der Waals surface area contributed by atoms with E-state index in [0.717, 1.165) is 0 Å². The lowest BCUT2D eigenvalue weighted by molar-refractivity contribution is -0.00543. The zero-order valence-electron chi connectivity index (χ0n) is 16.3. The minimum Gasteiger partial charge on any atom is -0.399 e. The van der Waals surface area contributed by atoms with Crippen LogP contribution >= 0.6 is 0 Å². The van der Waals surface area contributed by atoms with Gasteiger partial charge in [-0.2, -0.15) is 0 Å². The maximum Gasteiger partial charge on any atom is 0.494 e. The Morgan fingerprint density at radius 1 is 1.12 bits per heavy atom. The van der Waals surface area contributed by atoms with E-state index in [0.29, 0.717) is 36.1 Å². The predicted molar refractivity (Wildman–Crippen MR) is 99.7 cm³/mol. The summed E-state index contributed by atoms with van der Waals surface area (Å²) in [5.74, 6) is -0.444. The molecule has 2 heterocycles. The number of hydrogen-bond donors (Lipinski definition) is 0. The molecule has 7 heteroatoms. The molecule has 0 radical (unpaired) electrons. The van der Waals surface area contributed by atoms with Crippen LogP contribution in [0.4, 0.5) is 10.1 Å². The van der Waals surface area contributed by atoms with Crippen LogP contribution in [0, 0.1) is 5.82 Å². The molecule has 26 heavy (non-hydrogen) atoms. The van der Waals surface area contributed by atoms with E-state index in [4.69, 9.17) is 14.0 Å². The molecular formula is C19H27BFNO4. The molecule has 0 saturated carbocycles. The van der Waals surface area contributed by atoms with Crippen LogP contribution < -0.4 is 10.4 Å². The van der Waals surface area contributed by atoms with E-state index in [9.17, 15) is 4.79 Å². The average Bonchev–Trinajstić information content (AvgIpc) is 2.73. The number of benzene rings is 1. The number of ether oxygens (including phenoxy) is 1. The van der Waals surface area contributed by atoms with E-state index in [1.54, 1.807) is 6.07 Å². The van der Waals surface area contributed by atoms with Gasteiger partial charge in [0.05, 0.1) is 29.1 Å². The molecule has 0 spiro atoms. The summed E-state index contributed by atoms with van der Waals surface area (Å²) >= 11 is 0. The lowest BCUT2D eigenvalue weighted by Crippen LogP contribution is -2.46.